The van der Waals surface area contributed by atoms with Crippen LogP contribution < -0.4 is 5.32 Å². The number of thiophene rings is 1. The van der Waals surface area contributed by atoms with Crippen molar-refractivity contribution in [2.45, 2.75) is 70.8 Å². The maximum Gasteiger partial charge on any atom is 0.0317 e. The van der Waals surface area contributed by atoms with E-state index in [0.717, 1.165) is 6.04 Å². The van der Waals surface area contributed by atoms with E-state index >= 15 is 0 Å². The predicted octanol–water partition coefficient (Wildman–Crippen LogP) is 5.45. The molecule has 2 aliphatic rings. The van der Waals surface area contributed by atoms with Crippen LogP contribution in [0.4, 0.5) is 0 Å². The van der Waals surface area contributed by atoms with Gasteiger partial charge < -0.3 is 5.32 Å². The molecule has 2 fully saturated rings. The smallest absolute Gasteiger partial charge is 0.0317 e. The molecule has 0 amide bonds. The van der Waals surface area contributed by atoms with Crippen LogP contribution >= 0.6 is 27.3 Å². The molecule has 0 aliphatic heterocycles. The van der Waals surface area contributed by atoms with Crippen LogP contribution in [0.25, 0.3) is 0 Å². The summed E-state index contributed by atoms with van der Waals surface area (Å²) in [5.74, 6) is 0. The summed E-state index contributed by atoms with van der Waals surface area (Å²) in [6.45, 7) is 3.46. The molecule has 0 aromatic carbocycles. The minimum absolute atomic E-state index is 0.638. The van der Waals surface area contributed by atoms with Crippen LogP contribution in [0.3, 0.4) is 0 Å². The summed E-state index contributed by atoms with van der Waals surface area (Å²) in [5, 5.41) is 3.72. The van der Waals surface area contributed by atoms with Gasteiger partial charge in [0.1, 0.15) is 0 Å². The van der Waals surface area contributed by atoms with Crippen molar-refractivity contribution in [2.24, 2.45) is 5.41 Å². The normalized spacial score (nSPS) is 21.5. The van der Waals surface area contributed by atoms with Crippen molar-refractivity contribution >= 4 is 27.3 Å². The third-order valence-electron chi connectivity index (χ3n) is 5.09. The summed E-state index contributed by atoms with van der Waals surface area (Å²) in [5.41, 5.74) is 0.638. The first-order valence-electron chi connectivity index (χ1n) is 8.15. The van der Waals surface area contributed by atoms with E-state index in [-0.39, 0.29) is 0 Å². The molecular formula is C17H26BrNS. The molecule has 2 aliphatic carbocycles. The fourth-order valence-electron chi connectivity index (χ4n) is 3.66. The van der Waals surface area contributed by atoms with Gasteiger partial charge in [-0.1, -0.05) is 12.8 Å². The molecule has 1 nitrogen and oxygen atoms in total. The van der Waals surface area contributed by atoms with Gasteiger partial charge in [0, 0.05) is 20.3 Å². The zero-order chi connectivity index (χ0) is 14.0. The second-order valence-corrected chi connectivity index (χ2v) is 9.01. The highest BCUT2D eigenvalue weighted by atomic mass is 79.9. The molecule has 0 atom stereocenters. The van der Waals surface area contributed by atoms with E-state index < -0.39 is 0 Å². The SMILES string of the molecule is Cc1cc(Br)c(CCC2(CCNC3CC3)CCCC2)s1. The van der Waals surface area contributed by atoms with E-state index in [4.69, 9.17) is 0 Å². The van der Waals surface area contributed by atoms with Crippen LogP contribution in [0.2, 0.25) is 0 Å². The summed E-state index contributed by atoms with van der Waals surface area (Å²) >= 11 is 5.70. The third-order valence-corrected chi connectivity index (χ3v) is 7.17. The molecule has 1 aromatic rings. The van der Waals surface area contributed by atoms with Crippen molar-refractivity contribution in [3.8, 4) is 0 Å². The van der Waals surface area contributed by atoms with E-state index in [1.54, 1.807) is 4.88 Å². The van der Waals surface area contributed by atoms with Crippen LogP contribution in [0.5, 0.6) is 0 Å². The predicted molar refractivity (Wildman–Crippen MR) is 91.6 cm³/mol. The Kier molecular flexibility index (Phi) is 4.89. The molecule has 3 rings (SSSR count). The van der Waals surface area contributed by atoms with Gasteiger partial charge in [0.25, 0.3) is 0 Å². The number of rotatable bonds is 7. The van der Waals surface area contributed by atoms with Crippen LogP contribution in [0, 0.1) is 12.3 Å². The zero-order valence-electron chi connectivity index (χ0n) is 12.5. The molecule has 0 bridgehead atoms. The highest BCUT2D eigenvalue weighted by molar-refractivity contribution is 9.10. The highest BCUT2D eigenvalue weighted by Crippen LogP contribution is 2.45. The number of hydrogen-bond donors (Lipinski definition) is 1. The maximum atomic E-state index is 3.72. The van der Waals surface area contributed by atoms with Crippen LogP contribution in [0.1, 0.15) is 61.1 Å². The van der Waals surface area contributed by atoms with Crippen molar-refractivity contribution in [1.82, 2.24) is 5.32 Å². The van der Waals surface area contributed by atoms with Crippen molar-refractivity contribution in [3.05, 3.63) is 20.3 Å². The van der Waals surface area contributed by atoms with Gasteiger partial charge in [-0.2, -0.15) is 0 Å². The maximum absolute atomic E-state index is 3.72. The Morgan fingerprint density at radius 1 is 1.30 bits per heavy atom. The lowest BCUT2D eigenvalue weighted by Gasteiger charge is -2.29. The lowest BCUT2D eigenvalue weighted by atomic mass is 9.78. The summed E-state index contributed by atoms with van der Waals surface area (Å²) in [6, 6.07) is 3.14. The molecule has 1 heterocycles. The Balaban J connectivity index is 1.54. The van der Waals surface area contributed by atoms with E-state index in [1.165, 1.54) is 73.7 Å². The van der Waals surface area contributed by atoms with Gasteiger partial charge >= 0.3 is 0 Å². The van der Waals surface area contributed by atoms with Gasteiger partial charge in [0.05, 0.1) is 0 Å². The van der Waals surface area contributed by atoms with Gasteiger partial charge in [0.15, 0.2) is 0 Å². The van der Waals surface area contributed by atoms with E-state index in [9.17, 15) is 0 Å². The topological polar surface area (TPSA) is 12.0 Å². The van der Waals surface area contributed by atoms with Crippen LogP contribution in [0.15, 0.2) is 10.5 Å². The van der Waals surface area contributed by atoms with Crippen molar-refractivity contribution in [3.63, 3.8) is 0 Å². The number of nitrogens with one attached hydrogen (secondary N) is 1. The molecule has 1 aromatic heterocycles. The van der Waals surface area contributed by atoms with E-state index in [2.05, 4.69) is 34.2 Å². The molecule has 112 valence electrons. The van der Waals surface area contributed by atoms with Gasteiger partial charge in [0.2, 0.25) is 0 Å². The third kappa shape index (κ3) is 3.86. The number of aryl methyl sites for hydroxylation is 2. The van der Waals surface area contributed by atoms with Gasteiger partial charge in [-0.15, -0.1) is 11.3 Å². The van der Waals surface area contributed by atoms with Crippen molar-refractivity contribution in [2.75, 3.05) is 6.54 Å². The van der Waals surface area contributed by atoms with Gasteiger partial charge in [-0.05, 0) is 85.8 Å². The molecular weight excluding hydrogens is 330 g/mol. The molecule has 0 spiro atoms. The summed E-state index contributed by atoms with van der Waals surface area (Å²) < 4.78 is 1.34. The molecule has 2 saturated carbocycles. The molecule has 0 unspecified atom stereocenters. The Labute approximate surface area is 135 Å². The van der Waals surface area contributed by atoms with Gasteiger partial charge in [-0.3, -0.25) is 0 Å². The average Bonchev–Trinajstić information content (AvgIpc) is 3.01. The zero-order valence-corrected chi connectivity index (χ0v) is 14.9. The van der Waals surface area contributed by atoms with E-state index in [0.29, 0.717) is 5.41 Å². The standard InChI is InChI=1S/C17H26BrNS/c1-13-12-15(18)16(20-13)6-9-17(7-2-3-8-17)10-11-19-14-4-5-14/h12,14,19H,2-11H2,1H3. The number of hydrogen-bond acceptors (Lipinski definition) is 2. The fraction of sp³-hybridized carbons (Fsp3) is 0.765. The quantitative estimate of drug-likeness (QED) is 0.685. The second kappa shape index (κ2) is 6.50. The van der Waals surface area contributed by atoms with Crippen molar-refractivity contribution in [1.29, 1.82) is 0 Å². The lowest BCUT2D eigenvalue weighted by Crippen LogP contribution is -2.26. The Hall–Kier alpha value is 0.140. The summed E-state index contributed by atoms with van der Waals surface area (Å²) in [7, 11) is 0. The minimum Gasteiger partial charge on any atom is -0.314 e. The Morgan fingerprint density at radius 3 is 2.65 bits per heavy atom. The summed E-state index contributed by atoms with van der Waals surface area (Å²) in [4.78, 5) is 2.99. The molecule has 0 saturated heterocycles. The van der Waals surface area contributed by atoms with E-state index in [1.807, 2.05) is 11.3 Å². The molecule has 1 N–H and O–H groups in total. The lowest BCUT2D eigenvalue weighted by molar-refractivity contribution is 0.245. The van der Waals surface area contributed by atoms with Crippen LogP contribution in [-0.2, 0) is 6.42 Å². The second-order valence-electron chi connectivity index (χ2n) is 6.81. The van der Waals surface area contributed by atoms with Gasteiger partial charge in [-0.25, -0.2) is 0 Å². The fourth-order valence-corrected chi connectivity index (χ4v) is 5.52. The first-order chi connectivity index (χ1) is 9.67. The van der Waals surface area contributed by atoms with Crippen molar-refractivity contribution < 1.29 is 0 Å². The monoisotopic (exact) mass is 355 g/mol. The first kappa shape index (κ1) is 15.1. The largest absolute Gasteiger partial charge is 0.314 e. The molecule has 20 heavy (non-hydrogen) atoms. The average molecular weight is 356 g/mol. The molecule has 3 heteroatoms. The Bertz CT molecular complexity index is 444. The minimum atomic E-state index is 0.638. The highest BCUT2D eigenvalue weighted by Gasteiger charge is 2.33. The Morgan fingerprint density at radius 2 is 2.05 bits per heavy atom. The number of halogens is 1. The van der Waals surface area contributed by atoms with Crippen LogP contribution in [-0.4, -0.2) is 12.6 Å². The molecule has 0 radical (unpaired) electrons. The first-order valence-corrected chi connectivity index (χ1v) is 9.76. The summed E-state index contributed by atoms with van der Waals surface area (Å²) in [6.07, 6.45) is 12.7.